The zero-order valence-corrected chi connectivity index (χ0v) is 12.7. The van der Waals surface area contributed by atoms with E-state index in [4.69, 9.17) is 0 Å². The van der Waals surface area contributed by atoms with E-state index in [0.717, 1.165) is 0 Å². The van der Waals surface area contributed by atoms with Gasteiger partial charge in [-0.2, -0.15) is 4.98 Å². The highest BCUT2D eigenvalue weighted by atomic mass is 19.1. The van der Waals surface area contributed by atoms with E-state index in [1.807, 2.05) is 0 Å². The number of fused-ring (bicyclic) bond motifs is 1. The Bertz CT molecular complexity index is 835. The van der Waals surface area contributed by atoms with Crippen LogP contribution in [0.3, 0.4) is 0 Å². The summed E-state index contributed by atoms with van der Waals surface area (Å²) < 4.78 is 14.7. The molecule has 0 saturated heterocycles. The molecule has 2 aromatic heterocycles. The highest BCUT2D eigenvalue weighted by Gasteiger charge is 2.08. The number of aromatic amines is 1. The molecule has 9 heteroatoms. The summed E-state index contributed by atoms with van der Waals surface area (Å²) in [5.74, 6) is 1.32. The van der Waals surface area contributed by atoms with Gasteiger partial charge in [0.05, 0.1) is 11.0 Å². The van der Waals surface area contributed by atoms with E-state index >= 15 is 0 Å². The third-order valence-electron chi connectivity index (χ3n) is 3.35. The van der Waals surface area contributed by atoms with Crippen LogP contribution >= 0.6 is 0 Å². The molecule has 23 heavy (non-hydrogen) atoms. The first-order valence-corrected chi connectivity index (χ1v) is 7.08. The lowest BCUT2D eigenvalue weighted by molar-refractivity contribution is 0.252. The summed E-state index contributed by atoms with van der Waals surface area (Å²) in [6, 6.07) is 3.97. The first kappa shape index (κ1) is 14.9. The van der Waals surface area contributed by atoms with Gasteiger partial charge in [-0.1, -0.05) is 0 Å². The molecule has 0 unspecified atom stereocenters. The summed E-state index contributed by atoms with van der Waals surface area (Å²) in [6.45, 7) is 2.17. The average molecular weight is 317 g/mol. The minimum absolute atomic E-state index is 0.252. The van der Waals surface area contributed by atoms with Gasteiger partial charge >= 0.3 is 6.03 Å². The Kier molecular flexibility index (Phi) is 3.92. The van der Waals surface area contributed by atoms with Crippen molar-refractivity contribution < 1.29 is 9.18 Å². The number of halogens is 1. The molecule has 0 aliphatic heterocycles. The van der Waals surface area contributed by atoms with Gasteiger partial charge in [0.1, 0.15) is 17.5 Å². The predicted octanol–water partition coefficient (Wildman–Crippen LogP) is 1.50. The number of carbonyl (C=O) groups is 1. The molecule has 2 heterocycles. The summed E-state index contributed by atoms with van der Waals surface area (Å²) in [7, 11) is 1.75. The lowest BCUT2D eigenvalue weighted by atomic mass is 10.3. The Morgan fingerprint density at radius 3 is 2.96 bits per heavy atom. The summed E-state index contributed by atoms with van der Waals surface area (Å²) in [6.07, 6.45) is 0.498. The number of aryl methyl sites for hydroxylation is 2. The quantitative estimate of drug-likeness (QED) is 0.679. The Balaban J connectivity index is 1.52. The molecule has 2 amide bonds. The van der Waals surface area contributed by atoms with Crippen LogP contribution in [0.25, 0.3) is 11.0 Å². The van der Waals surface area contributed by atoms with Crippen molar-refractivity contribution in [2.75, 3.05) is 11.9 Å². The maximum atomic E-state index is 13.1. The fourth-order valence-electron chi connectivity index (χ4n) is 2.11. The van der Waals surface area contributed by atoms with Crippen molar-refractivity contribution in [3.05, 3.63) is 35.7 Å². The monoisotopic (exact) mass is 317 g/mol. The number of urea groups is 1. The number of hydrogen-bond acceptors (Lipinski definition) is 4. The summed E-state index contributed by atoms with van der Waals surface area (Å²) in [5.41, 5.74) is 1.33. The highest BCUT2D eigenvalue weighted by molar-refractivity contribution is 5.87. The topological polar surface area (TPSA) is 101 Å². The van der Waals surface area contributed by atoms with Crippen LogP contribution in [0.2, 0.25) is 0 Å². The van der Waals surface area contributed by atoms with Gasteiger partial charge in [-0.15, -0.1) is 5.10 Å². The Morgan fingerprint density at radius 1 is 1.39 bits per heavy atom. The Morgan fingerprint density at radius 2 is 2.22 bits per heavy atom. The number of H-pyrrole nitrogens is 1. The number of imidazole rings is 1. The number of anilines is 1. The number of carbonyl (C=O) groups excluding carboxylic acids is 1. The van der Waals surface area contributed by atoms with Gasteiger partial charge in [-0.25, -0.2) is 14.2 Å². The fraction of sp³-hybridized carbons (Fsp3) is 0.286. The number of benzene rings is 1. The minimum atomic E-state index is -0.391. The summed E-state index contributed by atoms with van der Waals surface area (Å²) >= 11 is 0. The predicted molar refractivity (Wildman–Crippen MR) is 82.5 cm³/mol. The van der Waals surface area contributed by atoms with E-state index < -0.39 is 6.03 Å². The second-order valence-corrected chi connectivity index (χ2v) is 5.08. The van der Waals surface area contributed by atoms with Crippen LogP contribution in [0, 0.1) is 12.7 Å². The molecule has 0 atom stereocenters. The van der Waals surface area contributed by atoms with Crippen LogP contribution in [-0.2, 0) is 13.5 Å². The van der Waals surface area contributed by atoms with Crippen LogP contribution in [0.1, 0.15) is 11.6 Å². The first-order chi connectivity index (χ1) is 11.0. The molecular weight excluding hydrogens is 301 g/mol. The van der Waals surface area contributed by atoms with E-state index in [2.05, 4.69) is 30.7 Å². The van der Waals surface area contributed by atoms with Gasteiger partial charge in [0.25, 0.3) is 0 Å². The Labute approximate surface area is 131 Å². The first-order valence-electron chi connectivity index (χ1n) is 7.08. The molecule has 3 N–H and O–H groups in total. The molecule has 0 fully saturated rings. The number of nitrogens with one attached hydrogen (secondary N) is 3. The van der Waals surface area contributed by atoms with Gasteiger partial charge in [-0.05, 0) is 25.1 Å². The number of aromatic nitrogens is 5. The van der Waals surface area contributed by atoms with E-state index in [0.29, 0.717) is 35.6 Å². The third-order valence-corrected chi connectivity index (χ3v) is 3.35. The SMILES string of the molecule is Cc1nc(NC(=O)NCCc2nc3ccc(F)cc3[nH]2)nn1C. The number of amides is 2. The second kappa shape index (κ2) is 6.03. The molecule has 0 aliphatic rings. The average Bonchev–Trinajstić information content (AvgIpc) is 3.01. The summed E-state index contributed by atoms with van der Waals surface area (Å²) in [5, 5.41) is 9.27. The Hall–Kier alpha value is -2.97. The minimum Gasteiger partial charge on any atom is -0.342 e. The molecule has 120 valence electrons. The van der Waals surface area contributed by atoms with Crippen LogP contribution in [0.15, 0.2) is 18.2 Å². The van der Waals surface area contributed by atoms with Crippen molar-refractivity contribution in [3.63, 3.8) is 0 Å². The largest absolute Gasteiger partial charge is 0.342 e. The van der Waals surface area contributed by atoms with Gasteiger partial charge in [0, 0.05) is 20.0 Å². The molecule has 0 aliphatic carbocycles. The van der Waals surface area contributed by atoms with Gasteiger partial charge < -0.3 is 10.3 Å². The second-order valence-electron chi connectivity index (χ2n) is 5.08. The normalized spacial score (nSPS) is 10.9. The summed E-state index contributed by atoms with van der Waals surface area (Å²) in [4.78, 5) is 23.2. The number of nitrogens with zero attached hydrogens (tertiary/aromatic N) is 4. The molecule has 0 saturated carbocycles. The molecular formula is C14H16FN7O. The van der Waals surface area contributed by atoms with E-state index in [-0.39, 0.29) is 11.8 Å². The maximum Gasteiger partial charge on any atom is 0.321 e. The number of hydrogen-bond donors (Lipinski definition) is 3. The highest BCUT2D eigenvalue weighted by Crippen LogP contribution is 2.12. The standard InChI is InChI=1S/C14H16FN7O/c1-8-17-13(21-22(8)2)20-14(23)16-6-5-12-18-10-4-3-9(15)7-11(10)19-12/h3-4,7H,5-6H2,1-2H3,(H,18,19)(H2,16,20,21,23). The lowest BCUT2D eigenvalue weighted by Gasteiger charge is -2.03. The maximum absolute atomic E-state index is 13.1. The zero-order chi connectivity index (χ0) is 16.4. The molecule has 0 bridgehead atoms. The van der Waals surface area contributed by atoms with Crippen LogP contribution in [0.5, 0.6) is 0 Å². The van der Waals surface area contributed by atoms with E-state index in [1.165, 1.54) is 12.1 Å². The molecule has 3 rings (SSSR count). The van der Waals surface area contributed by atoms with Crippen LogP contribution in [-0.4, -0.2) is 37.3 Å². The van der Waals surface area contributed by atoms with E-state index in [9.17, 15) is 9.18 Å². The number of rotatable bonds is 4. The van der Waals surface area contributed by atoms with Crippen LogP contribution < -0.4 is 10.6 Å². The van der Waals surface area contributed by atoms with Crippen molar-refractivity contribution in [3.8, 4) is 0 Å². The molecule has 0 spiro atoms. The molecule has 3 aromatic rings. The van der Waals surface area contributed by atoms with Gasteiger partial charge in [-0.3, -0.25) is 10.00 Å². The van der Waals surface area contributed by atoms with E-state index in [1.54, 1.807) is 24.7 Å². The third kappa shape index (κ3) is 3.44. The van der Waals surface area contributed by atoms with Crippen LogP contribution in [0.4, 0.5) is 15.1 Å². The lowest BCUT2D eigenvalue weighted by Crippen LogP contribution is -2.31. The zero-order valence-electron chi connectivity index (χ0n) is 12.7. The van der Waals surface area contributed by atoms with Gasteiger partial charge in [0.15, 0.2) is 0 Å². The fourth-order valence-corrected chi connectivity index (χ4v) is 2.11. The smallest absolute Gasteiger partial charge is 0.321 e. The van der Waals surface area contributed by atoms with Crippen molar-refractivity contribution in [1.82, 2.24) is 30.0 Å². The van der Waals surface area contributed by atoms with Gasteiger partial charge in [0.2, 0.25) is 5.95 Å². The molecule has 1 aromatic carbocycles. The van der Waals surface area contributed by atoms with Crippen molar-refractivity contribution >= 4 is 23.0 Å². The van der Waals surface area contributed by atoms with Crippen molar-refractivity contribution in [2.45, 2.75) is 13.3 Å². The van der Waals surface area contributed by atoms with Crippen molar-refractivity contribution in [1.29, 1.82) is 0 Å². The van der Waals surface area contributed by atoms with Crippen molar-refractivity contribution in [2.24, 2.45) is 7.05 Å². The molecule has 0 radical (unpaired) electrons. The molecule has 8 nitrogen and oxygen atoms in total.